The van der Waals surface area contributed by atoms with Gasteiger partial charge in [-0.3, -0.25) is 9.58 Å². The zero-order chi connectivity index (χ0) is 15.5. The van der Waals surface area contributed by atoms with Crippen LogP contribution in [0.15, 0.2) is 42.0 Å². The van der Waals surface area contributed by atoms with Gasteiger partial charge in [0.15, 0.2) is 0 Å². The van der Waals surface area contributed by atoms with Crippen molar-refractivity contribution in [1.82, 2.24) is 19.7 Å². The molecule has 0 bridgehead atoms. The Morgan fingerprint density at radius 1 is 1.27 bits per heavy atom. The Kier molecular flexibility index (Phi) is 4.57. The molecule has 0 N–H and O–H groups in total. The Labute approximate surface area is 139 Å². The van der Waals surface area contributed by atoms with Gasteiger partial charge in [-0.25, -0.2) is 4.98 Å². The van der Waals surface area contributed by atoms with Crippen LogP contribution in [-0.4, -0.2) is 26.7 Å². The monoisotopic (exact) mass is 332 g/mol. The number of aryl methyl sites for hydroxylation is 1. The van der Waals surface area contributed by atoms with Crippen molar-refractivity contribution in [3.8, 4) is 10.6 Å². The van der Waals surface area contributed by atoms with Crippen LogP contribution in [-0.2, 0) is 20.1 Å². The summed E-state index contributed by atoms with van der Waals surface area (Å²) in [4.78, 5) is 6.92. The first-order valence-electron chi connectivity index (χ1n) is 6.97. The van der Waals surface area contributed by atoms with Crippen LogP contribution in [0.25, 0.3) is 10.6 Å². The van der Waals surface area contributed by atoms with Crippen molar-refractivity contribution in [2.75, 3.05) is 7.05 Å². The van der Waals surface area contributed by atoms with E-state index in [9.17, 15) is 0 Å². The van der Waals surface area contributed by atoms with Crippen LogP contribution in [0.2, 0.25) is 5.02 Å². The van der Waals surface area contributed by atoms with Gasteiger partial charge in [0.1, 0.15) is 5.01 Å². The minimum Gasteiger partial charge on any atom is -0.296 e. The molecule has 0 aliphatic rings. The van der Waals surface area contributed by atoms with E-state index >= 15 is 0 Å². The van der Waals surface area contributed by atoms with E-state index in [1.165, 1.54) is 5.56 Å². The third kappa shape index (κ3) is 3.55. The van der Waals surface area contributed by atoms with Gasteiger partial charge in [0.05, 0.1) is 16.9 Å². The average Bonchev–Trinajstić information content (AvgIpc) is 3.09. The van der Waals surface area contributed by atoms with Crippen molar-refractivity contribution in [3.63, 3.8) is 0 Å². The lowest BCUT2D eigenvalue weighted by Crippen LogP contribution is -2.17. The number of hydrogen-bond acceptors (Lipinski definition) is 4. The second kappa shape index (κ2) is 6.60. The van der Waals surface area contributed by atoms with E-state index in [0.29, 0.717) is 0 Å². The van der Waals surface area contributed by atoms with Crippen molar-refractivity contribution in [2.24, 2.45) is 7.05 Å². The first kappa shape index (κ1) is 15.2. The Bertz CT molecular complexity index is 765. The van der Waals surface area contributed by atoms with Crippen molar-refractivity contribution >= 4 is 22.9 Å². The SMILES string of the molecule is CN(Cc1cnn(C)c1)Cc1csc(-c2ccccc2Cl)n1. The van der Waals surface area contributed by atoms with Gasteiger partial charge in [0, 0.05) is 42.8 Å². The highest BCUT2D eigenvalue weighted by molar-refractivity contribution is 7.13. The van der Waals surface area contributed by atoms with E-state index in [0.717, 1.165) is 34.4 Å². The molecule has 6 heteroatoms. The highest BCUT2D eigenvalue weighted by Gasteiger charge is 2.10. The maximum atomic E-state index is 6.23. The standard InChI is InChI=1S/C16H17ClN4S/c1-20(8-12-7-18-21(2)9-12)10-13-11-22-16(19-13)14-5-3-4-6-15(14)17/h3-7,9,11H,8,10H2,1-2H3. The molecule has 0 fully saturated rings. The van der Waals surface area contributed by atoms with E-state index in [4.69, 9.17) is 16.6 Å². The molecule has 22 heavy (non-hydrogen) atoms. The van der Waals surface area contributed by atoms with Gasteiger partial charge in [0.25, 0.3) is 0 Å². The highest BCUT2D eigenvalue weighted by atomic mass is 35.5. The molecule has 0 unspecified atom stereocenters. The van der Waals surface area contributed by atoms with Gasteiger partial charge >= 0.3 is 0 Å². The van der Waals surface area contributed by atoms with Gasteiger partial charge in [-0.1, -0.05) is 29.8 Å². The lowest BCUT2D eigenvalue weighted by molar-refractivity contribution is 0.316. The molecule has 2 heterocycles. The molecule has 0 saturated carbocycles. The maximum Gasteiger partial charge on any atom is 0.125 e. The zero-order valence-electron chi connectivity index (χ0n) is 12.5. The summed E-state index contributed by atoms with van der Waals surface area (Å²) in [5, 5.41) is 8.00. The predicted octanol–water partition coefficient (Wildman–Crippen LogP) is 3.83. The number of nitrogens with zero attached hydrogens (tertiary/aromatic N) is 4. The summed E-state index contributed by atoms with van der Waals surface area (Å²) < 4.78 is 1.82. The van der Waals surface area contributed by atoms with Crippen LogP contribution in [0.1, 0.15) is 11.3 Å². The largest absolute Gasteiger partial charge is 0.296 e. The summed E-state index contributed by atoms with van der Waals surface area (Å²) >= 11 is 7.86. The molecule has 1 aromatic carbocycles. The van der Waals surface area contributed by atoms with Crippen molar-refractivity contribution in [1.29, 1.82) is 0 Å². The number of benzene rings is 1. The highest BCUT2D eigenvalue weighted by Crippen LogP contribution is 2.30. The molecular weight excluding hydrogens is 316 g/mol. The van der Waals surface area contributed by atoms with E-state index < -0.39 is 0 Å². The lowest BCUT2D eigenvalue weighted by Gasteiger charge is -2.13. The second-order valence-corrected chi connectivity index (χ2v) is 6.58. The fourth-order valence-electron chi connectivity index (χ4n) is 2.34. The molecule has 0 atom stereocenters. The summed E-state index contributed by atoms with van der Waals surface area (Å²) in [6.07, 6.45) is 3.93. The summed E-state index contributed by atoms with van der Waals surface area (Å²) in [6, 6.07) is 7.82. The summed E-state index contributed by atoms with van der Waals surface area (Å²) in [7, 11) is 4.02. The number of halogens is 1. The molecular formula is C16H17ClN4S. The van der Waals surface area contributed by atoms with Crippen molar-refractivity contribution in [3.05, 3.63) is 58.3 Å². The minimum absolute atomic E-state index is 0.743. The number of rotatable bonds is 5. The van der Waals surface area contributed by atoms with Gasteiger partial charge in [-0.05, 0) is 13.1 Å². The van der Waals surface area contributed by atoms with Crippen LogP contribution in [0.3, 0.4) is 0 Å². The fraction of sp³-hybridized carbons (Fsp3) is 0.250. The number of hydrogen-bond donors (Lipinski definition) is 0. The maximum absolute atomic E-state index is 6.23. The van der Waals surface area contributed by atoms with Crippen LogP contribution in [0.5, 0.6) is 0 Å². The molecule has 0 radical (unpaired) electrons. The minimum atomic E-state index is 0.743. The van der Waals surface area contributed by atoms with E-state index in [-0.39, 0.29) is 0 Å². The Morgan fingerprint density at radius 2 is 2.09 bits per heavy atom. The lowest BCUT2D eigenvalue weighted by atomic mass is 10.2. The third-order valence-corrected chi connectivity index (χ3v) is 4.55. The first-order valence-corrected chi connectivity index (χ1v) is 8.23. The van der Waals surface area contributed by atoms with Crippen LogP contribution < -0.4 is 0 Å². The third-order valence-electron chi connectivity index (χ3n) is 3.30. The van der Waals surface area contributed by atoms with Gasteiger partial charge in [-0.2, -0.15) is 5.10 Å². The first-order chi connectivity index (χ1) is 10.6. The molecule has 3 rings (SSSR count). The van der Waals surface area contributed by atoms with Crippen LogP contribution in [0.4, 0.5) is 0 Å². The molecule has 114 valence electrons. The second-order valence-electron chi connectivity index (χ2n) is 5.32. The molecule has 0 aliphatic carbocycles. The van der Waals surface area contributed by atoms with E-state index in [1.807, 2.05) is 48.4 Å². The van der Waals surface area contributed by atoms with Gasteiger partial charge in [-0.15, -0.1) is 11.3 Å². The number of aromatic nitrogens is 3. The molecule has 0 saturated heterocycles. The number of thiazole rings is 1. The van der Waals surface area contributed by atoms with Crippen molar-refractivity contribution < 1.29 is 0 Å². The summed E-state index contributed by atoms with van der Waals surface area (Å²) in [6.45, 7) is 1.66. The predicted molar refractivity (Wildman–Crippen MR) is 90.9 cm³/mol. The molecule has 0 spiro atoms. The van der Waals surface area contributed by atoms with Crippen LogP contribution >= 0.6 is 22.9 Å². The Hall–Kier alpha value is -1.69. The molecule has 3 aromatic rings. The fourth-order valence-corrected chi connectivity index (χ4v) is 3.47. The molecule has 0 amide bonds. The summed E-state index contributed by atoms with van der Waals surface area (Å²) in [5.41, 5.74) is 3.26. The zero-order valence-corrected chi connectivity index (χ0v) is 14.1. The summed E-state index contributed by atoms with van der Waals surface area (Å²) in [5.74, 6) is 0. The van der Waals surface area contributed by atoms with Crippen molar-refractivity contribution in [2.45, 2.75) is 13.1 Å². The molecule has 2 aromatic heterocycles. The van der Waals surface area contributed by atoms with E-state index in [1.54, 1.807) is 11.3 Å². The Morgan fingerprint density at radius 3 is 2.82 bits per heavy atom. The average molecular weight is 333 g/mol. The molecule has 0 aliphatic heterocycles. The molecule has 4 nitrogen and oxygen atoms in total. The van der Waals surface area contributed by atoms with Gasteiger partial charge < -0.3 is 0 Å². The normalized spacial score (nSPS) is 11.3. The quantitative estimate of drug-likeness (QED) is 0.712. The topological polar surface area (TPSA) is 34.0 Å². The van der Waals surface area contributed by atoms with Crippen LogP contribution in [0, 0.1) is 0 Å². The van der Waals surface area contributed by atoms with Gasteiger partial charge in [0.2, 0.25) is 0 Å². The Balaban J connectivity index is 1.68. The van der Waals surface area contributed by atoms with E-state index in [2.05, 4.69) is 22.4 Å². The smallest absolute Gasteiger partial charge is 0.125 e.